The second-order valence-corrected chi connectivity index (χ2v) is 4.98. The van der Waals surface area contributed by atoms with E-state index in [1.54, 1.807) is 6.92 Å². The van der Waals surface area contributed by atoms with Gasteiger partial charge in [0.25, 0.3) is 5.22 Å². The number of ether oxygens (including phenoxy) is 1. The Morgan fingerprint density at radius 3 is 2.90 bits per heavy atom. The van der Waals surface area contributed by atoms with Crippen LogP contribution in [0.5, 0.6) is 0 Å². The van der Waals surface area contributed by atoms with Crippen molar-refractivity contribution in [3.8, 4) is 0 Å². The van der Waals surface area contributed by atoms with Crippen LogP contribution in [0.1, 0.15) is 6.92 Å². The van der Waals surface area contributed by atoms with E-state index in [0.717, 1.165) is 5.52 Å². The second-order valence-electron chi connectivity index (χ2n) is 4.05. The van der Waals surface area contributed by atoms with Gasteiger partial charge in [-0.1, -0.05) is 23.9 Å². The number of carbonyl (C=O) groups is 2. The van der Waals surface area contributed by atoms with Gasteiger partial charge < -0.3 is 14.5 Å². The molecule has 0 saturated carbocycles. The number of hydrogen-bond donors (Lipinski definition) is 1. The molecule has 0 radical (unpaired) electrons. The molecule has 7 heteroatoms. The second kappa shape index (κ2) is 6.42. The summed E-state index contributed by atoms with van der Waals surface area (Å²) >= 11 is 1.17. The maximum atomic E-state index is 11.7. The molecule has 2 aromatic rings. The van der Waals surface area contributed by atoms with Gasteiger partial charge >= 0.3 is 5.97 Å². The van der Waals surface area contributed by atoms with Crippen LogP contribution in [0.3, 0.4) is 0 Å². The first-order chi connectivity index (χ1) is 9.60. The molecular formula is C13H14N2O4S. The molecular weight excluding hydrogens is 280 g/mol. The summed E-state index contributed by atoms with van der Waals surface area (Å²) in [5.74, 6) is -0.644. The molecule has 0 saturated heterocycles. The zero-order valence-electron chi connectivity index (χ0n) is 11.1. The molecule has 6 nitrogen and oxygen atoms in total. The lowest BCUT2D eigenvalue weighted by Gasteiger charge is -2.10. The smallest absolute Gasteiger partial charge is 0.328 e. The van der Waals surface area contributed by atoms with Gasteiger partial charge in [0.2, 0.25) is 5.91 Å². The van der Waals surface area contributed by atoms with Crippen LogP contribution < -0.4 is 5.32 Å². The number of nitrogens with zero attached hydrogens (tertiary/aromatic N) is 1. The number of rotatable bonds is 5. The largest absolute Gasteiger partial charge is 0.467 e. The van der Waals surface area contributed by atoms with Gasteiger partial charge in [-0.2, -0.15) is 0 Å². The number of esters is 1. The van der Waals surface area contributed by atoms with Crippen molar-refractivity contribution in [1.82, 2.24) is 10.3 Å². The maximum absolute atomic E-state index is 11.7. The first-order valence-corrected chi connectivity index (χ1v) is 6.94. The quantitative estimate of drug-likeness (QED) is 0.666. The third kappa shape index (κ3) is 3.51. The van der Waals surface area contributed by atoms with Gasteiger partial charge in [-0.3, -0.25) is 4.79 Å². The minimum Gasteiger partial charge on any atom is -0.467 e. The lowest BCUT2D eigenvalue weighted by atomic mass is 10.3. The molecule has 0 aliphatic carbocycles. The first kappa shape index (κ1) is 14.4. The Hall–Kier alpha value is -2.02. The fourth-order valence-electron chi connectivity index (χ4n) is 1.56. The number of aromatic nitrogens is 1. The van der Waals surface area contributed by atoms with Crippen LogP contribution in [0.15, 0.2) is 33.9 Å². The van der Waals surface area contributed by atoms with Crippen LogP contribution in [0.4, 0.5) is 0 Å². The van der Waals surface area contributed by atoms with Gasteiger partial charge in [-0.05, 0) is 19.1 Å². The zero-order chi connectivity index (χ0) is 14.5. The number of benzene rings is 1. The van der Waals surface area contributed by atoms with Crippen LogP contribution in [0.25, 0.3) is 11.1 Å². The Labute approximate surface area is 119 Å². The first-order valence-electron chi connectivity index (χ1n) is 5.95. The van der Waals surface area contributed by atoms with Crippen molar-refractivity contribution >= 4 is 34.7 Å². The van der Waals surface area contributed by atoms with Gasteiger partial charge in [-0.25, -0.2) is 9.78 Å². The fraction of sp³-hybridized carbons (Fsp3) is 0.308. The molecule has 0 bridgehead atoms. The third-order valence-electron chi connectivity index (χ3n) is 2.53. The van der Waals surface area contributed by atoms with E-state index >= 15 is 0 Å². The average Bonchev–Trinajstić information content (AvgIpc) is 2.87. The normalized spacial score (nSPS) is 12.1. The molecule has 0 fully saturated rings. The summed E-state index contributed by atoms with van der Waals surface area (Å²) in [6.45, 7) is 1.56. The number of methoxy groups -OCH3 is 1. The van der Waals surface area contributed by atoms with Gasteiger partial charge in [0, 0.05) is 0 Å². The Morgan fingerprint density at radius 1 is 1.45 bits per heavy atom. The SMILES string of the molecule is COC(=O)C(C)NC(=O)CSc1nc2ccccc2o1. The number of amides is 1. The van der Waals surface area contributed by atoms with E-state index in [1.807, 2.05) is 24.3 Å². The Balaban J connectivity index is 1.88. The Morgan fingerprint density at radius 2 is 2.20 bits per heavy atom. The lowest BCUT2D eigenvalue weighted by Crippen LogP contribution is -2.40. The summed E-state index contributed by atoms with van der Waals surface area (Å²) in [4.78, 5) is 27.1. The van der Waals surface area contributed by atoms with Crippen molar-refractivity contribution in [2.24, 2.45) is 0 Å². The summed E-state index contributed by atoms with van der Waals surface area (Å²) in [6.07, 6.45) is 0. The van der Waals surface area contributed by atoms with Gasteiger partial charge in [-0.15, -0.1) is 0 Å². The summed E-state index contributed by atoms with van der Waals surface area (Å²) in [7, 11) is 1.28. The summed E-state index contributed by atoms with van der Waals surface area (Å²) in [5.41, 5.74) is 1.43. The number of oxazole rings is 1. The number of para-hydroxylation sites is 2. The summed E-state index contributed by atoms with van der Waals surface area (Å²) in [6, 6.07) is 6.70. The molecule has 0 spiro atoms. The summed E-state index contributed by atoms with van der Waals surface area (Å²) < 4.78 is 10.00. The van der Waals surface area contributed by atoms with E-state index in [-0.39, 0.29) is 11.7 Å². The van der Waals surface area contributed by atoms with Crippen molar-refractivity contribution < 1.29 is 18.7 Å². The van der Waals surface area contributed by atoms with E-state index < -0.39 is 12.0 Å². The van der Waals surface area contributed by atoms with E-state index in [0.29, 0.717) is 10.8 Å². The number of thioether (sulfide) groups is 1. The number of nitrogens with one attached hydrogen (secondary N) is 1. The minimum absolute atomic E-state index is 0.119. The molecule has 106 valence electrons. The molecule has 1 N–H and O–H groups in total. The highest BCUT2D eigenvalue weighted by molar-refractivity contribution is 7.99. The van der Waals surface area contributed by atoms with Crippen LogP contribution in [-0.2, 0) is 14.3 Å². The zero-order valence-corrected chi connectivity index (χ0v) is 11.9. The fourth-order valence-corrected chi connectivity index (χ4v) is 2.21. The van der Waals surface area contributed by atoms with E-state index in [1.165, 1.54) is 18.9 Å². The van der Waals surface area contributed by atoms with E-state index in [4.69, 9.17) is 4.42 Å². The predicted octanol–water partition coefficient (Wildman–Crippen LogP) is 1.60. The van der Waals surface area contributed by atoms with Crippen LogP contribution >= 0.6 is 11.8 Å². The molecule has 1 unspecified atom stereocenters. The molecule has 1 aromatic heterocycles. The van der Waals surface area contributed by atoms with Crippen molar-refractivity contribution in [3.05, 3.63) is 24.3 Å². The molecule has 2 rings (SSSR count). The van der Waals surface area contributed by atoms with Crippen molar-refractivity contribution in [3.63, 3.8) is 0 Å². The van der Waals surface area contributed by atoms with E-state index in [2.05, 4.69) is 15.0 Å². The minimum atomic E-state index is -0.670. The number of hydrogen-bond acceptors (Lipinski definition) is 6. The topological polar surface area (TPSA) is 81.4 Å². The molecule has 0 aliphatic rings. The third-order valence-corrected chi connectivity index (χ3v) is 3.36. The summed E-state index contributed by atoms with van der Waals surface area (Å²) in [5, 5.41) is 2.95. The van der Waals surface area contributed by atoms with Crippen molar-refractivity contribution in [2.45, 2.75) is 18.2 Å². The molecule has 1 heterocycles. The molecule has 20 heavy (non-hydrogen) atoms. The van der Waals surface area contributed by atoms with Gasteiger partial charge in [0.05, 0.1) is 12.9 Å². The molecule has 1 atom stereocenters. The van der Waals surface area contributed by atoms with Crippen LogP contribution in [-0.4, -0.2) is 35.8 Å². The predicted molar refractivity (Wildman–Crippen MR) is 74.4 cm³/mol. The number of carbonyl (C=O) groups excluding carboxylic acids is 2. The Kier molecular flexibility index (Phi) is 4.62. The standard InChI is InChI=1S/C13H14N2O4S/c1-8(12(17)18-2)14-11(16)7-20-13-15-9-5-3-4-6-10(9)19-13/h3-6,8H,7H2,1-2H3,(H,14,16). The maximum Gasteiger partial charge on any atom is 0.328 e. The molecule has 1 amide bonds. The van der Waals surface area contributed by atoms with Crippen molar-refractivity contribution in [2.75, 3.05) is 12.9 Å². The van der Waals surface area contributed by atoms with Gasteiger partial charge in [0.1, 0.15) is 11.6 Å². The highest BCUT2D eigenvalue weighted by Gasteiger charge is 2.16. The van der Waals surface area contributed by atoms with Crippen LogP contribution in [0.2, 0.25) is 0 Å². The highest BCUT2D eigenvalue weighted by Crippen LogP contribution is 2.22. The molecule has 1 aromatic carbocycles. The lowest BCUT2D eigenvalue weighted by molar-refractivity contribution is -0.144. The average molecular weight is 294 g/mol. The van der Waals surface area contributed by atoms with E-state index in [9.17, 15) is 9.59 Å². The van der Waals surface area contributed by atoms with Gasteiger partial charge in [0.15, 0.2) is 5.58 Å². The van der Waals surface area contributed by atoms with Crippen LogP contribution in [0, 0.1) is 0 Å². The van der Waals surface area contributed by atoms with Crippen molar-refractivity contribution in [1.29, 1.82) is 0 Å². The Bertz CT molecular complexity index is 593. The molecule has 0 aliphatic heterocycles. The highest BCUT2D eigenvalue weighted by atomic mass is 32.2. The monoisotopic (exact) mass is 294 g/mol. The number of fused-ring (bicyclic) bond motifs is 1.